The molecule has 96 valence electrons. The van der Waals surface area contributed by atoms with Gasteiger partial charge < -0.3 is 14.8 Å². The zero-order chi connectivity index (χ0) is 13.0. The SMILES string of the molecule is Cc1cc2nc[nH]c(=O)c2cc1OCNCCO. The van der Waals surface area contributed by atoms with Gasteiger partial charge in [0.1, 0.15) is 12.5 Å². The summed E-state index contributed by atoms with van der Waals surface area (Å²) in [5.74, 6) is 0.631. The summed E-state index contributed by atoms with van der Waals surface area (Å²) in [6.45, 7) is 2.70. The van der Waals surface area contributed by atoms with Crippen molar-refractivity contribution in [1.82, 2.24) is 15.3 Å². The molecule has 0 atom stereocenters. The van der Waals surface area contributed by atoms with E-state index in [0.29, 0.717) is 23.2 Å². The molecular formula is C12H15N3O3. The van der Waals surface area contributed by atoms with E-state index in [1.165, 1.54) is 6.33 Å². The van der Waals surface area contributed by atoms with Crippen molar-refractivity contribution in [2.24, 2.45) is 0 Å². The van der Waals surface area contributed by atoms with Crippen LogP contribution in [0.25, 0.3) is 10.9 Å². The van der Waals surface area contributed by atoms with Crippen molar-refractivity contribution >= 4 is 10.9 Å². The third-order valence-electron chi connectivity index (χ3n) is 2.56. The molecule has 0 spiro atoms. The number of H-pyrrole nitrogens is 1. The van der Waals surface area contributed by atoms with Crippen LogP contribution in [0, 0.1) is 6.92 Å². The van der Waals surface area contributed by atoms with Crippen molar-refractivity contribution in [3.05, 3.63) is 34.4 Å². The van der Waals surface area contributed by atoms with Gasteiger partial charge >= 0.3 is 0 Å². The zero-order valence-corrected chi connectivity index (χ0v) is 10.1. The smallest absolute Gasteiger partial charge is 0.258 e. The molecule has 1 aromatic heterocycles. The van der Waals surface area contributed by atoms with Gasteiger partial charge in [0.05, 0.1) is 23.8 Å². The van der Waals surface area contributed by atoms with Crippen LogP contribution >= 0.6 is 0 Å². The summed E-state index contributed by atoms with van der Waals surface area (Å²) in [5, 5.41) is 12.0. The summed E-state index contributed by atoms with van der Waals surface area (Å²) in [5.41, 5.74) is 1.37. The lowest BCUT2D eigenvalue weighted by Gasteiger charge is -2.10. The maximum absolute atomic E-state index is 11.6. The minimum atomic E-state index is -0.187. The number of aromatic amines is 1. The first-order chi connectivity index (χ1) is 8.72. The maximum atomic E-state index is 11.6. The molecule has 18 heavy (non-hydrogen) atoms. The lowest BCUT2D eigenvalue weighted by atomic mass is 10.1. The van der Waals surface area contributed by atoms with Gasteiger partial charge in [-0.25, -0.2) is 4.98 Å². The van der Waals surface area contributed by atoms with Gasteiger partial charge in [-0.1, -0.05) is 0 Å². The fourth-order valence-corrected chi connectivity index (χ4v) is 1.64. The number of hydrogen-bond donors (Lipinski definition) is 3. The number of nitrogens with zero attached hydrogens (tertiary/aromatic N) is 1. The van der Waals surface area contributed by atoms with Gasteiger partial charge in [-0.2, -0.15) is 0 Å². The number of hydrogen-bond acceptors (Lipinski definition) is 5. The van der Waals surface area contributed by atoms with Crippen molar-refractivity contribution < 1.29 is 9.84 Å². The second-order valence-corrected chi connectivity index (χ2v) is 3.88. The largest absolute Gasteiger partial charge is 0.478 e. The highest BCUT2D eigenvalue weighted by molar-refractivity contribution is 5.80. The molecule has 1 aromatic carbocycles. The quantitative estimate of drug-likeness (QED) is 0.518. The lowest BCUT2D eigenvalue weighted by Crippen LogP contribution is -2.23. The first-order valence-electron chi connectivity index (χ1n) is 5.65. The van der Waals surface area contributed by atoms with Crippen LogP contribution in [0.15, 0.2) is 23.3 Å². The van der Waals surface area contributed by atoms with Crippen LogP contribution < -0.4 is 15.6 Å². The molecule has 0 bridgehead atoms. The van der Waals surface area contributed by atoms with Crippen LogP contribution in [0.5, 0.6) is 5.75 Å². The van der Waals surface area contributed by atoms with E-state index in [4.69, 9.17) is 9.84 Å². The summed E-state index contributed by atoms with van der Waals surface area (Å²) < 4.78 is 5.50. The van der Waals surface area contributed by atoms with Gasteiger partial charge in [-0.05, 0) is 24.6 Å². The standard InChI is InChI=1S/C12H15N3O3/c1-8-4-10-9(12(17)15-6-14-10)5-11(8)18-7-13-2-3-16/h4-6,13,16H,2-3,7H2,1H3,(H,14,15,17). The van der Waals surface area contributed by atoms with Gasteiger partial charge in [0.2, 0.25) is 0 Å². The average Bonchev–Trinajstić information content (AvgIpc) is 2.36. The molecule has 0 aliphatic rings. The van der Waals surface area contributed by atoms with Crippen LogP contribution in [0.4, 0.5) is 0 Å². The second-order valence-electron chi connectivity index (χ2n) is 3.88. The Bertz CT molecular complexity index is 595. The van der Waals surface area contributed by atoms with Crippen LogP contribution in [0.3, 0.4) is 0 Å². The molecule has 6 heteroatoms. The van der Waals surface area contributed by atoms with Gasteiger partial charge in [0, 0.05) is 6.54 Å². The summed E-state index contributed by atoms with van der Waals surface area (Å²) in [6, 6.07) is 3.49. The van der Waals surface area contributed by atoms with Crippen LogP contribution in [-0.4, -0.2) is 35.0 Å². The number of aryl methyl sites for hydroxylation is 1. The second kappa shape index (κ2) is 5.61. The first-order valence-corrected chi connectivity index (χ1v) is 5.65. The number of aliphatic hydroxyl groups excluding tert-OH is 1. The molecule has 2 aromatic rings. The predicted octanol–water partition coefficient (Wildman–Crippen LogP) is 0.150. The third-order valence-corrected chi connectivity index (χ3v) is 2.56. The molecule has 0 unspecified atom stereocenters. The van der Waals surface area contributed by atoms with E-state index in [9.17, 15) is 4.79 Å². The molecule has 0 radical (unpaired) electrons. The number of benzene rings is 1. The first kappa shape index (κ1) is 12.5. The Morgan fingerprint density at radius 1 is 1.50 bits per heavy atom. The number of aromatic nitrogens is 2. The van der Waals surface area contributed by atoms with Crippen LogP contribution in [0.2, 0.25) is 0 Å². The number of rotatable bonds is 5. The van der Waals surface area contributed by atoms with Crippen molar-refractivity contribution in [2.75, 3.05) is 19.9 Å². The Labute approximate surface area is 104 Å². The van der Waals surface area contributed by atoms with E-state index >= 15 is 0 Å². The number of aliphatic hydroxyl groups is 1. The Kier molecular flexibility index (Phi) is 3.91. The highest BCUT2D eigenvalue weighted by Gasteiger charge is 2.06. The Morgan fingerprint density at radius 3 is 3.11 bits per heavy atom. The maximum Gasteiger partial charge on any atom is 0.258 e. The van der Waals surface area contributed by atoms with E-state index in [1.807, 2.05) is 13.0 Å². The van der Waals surface area contributed by atoms with Gasteiger partial charge in [0.15, 0.2) is 0 Å². The normalized spacial score (nSPS) is 10.8. The molecule has 0 fully saturated rings. The number of ether oxygens (including phenoxy) is 1. The summed E-state index contributed by atoms with van der Waals surface area (Å²) >= 11 is 0. The average molecular weight is 249 g/mol. The molecule has 0 saturated carbocycles. The molecule has 6 nitrogen and oxygen atoms in total. The number of fused-ring (bicyclic) bond motifs is 1. The van der Waals surface area contributed by atoms with E-state index in [2.05, 4.69) is 15.3 Å². The lowest BCUT2D eigenvalue weighted by molar-refractivity contribution is 0.244. The van der Waals surface area contributed by atoms with Gasteiger partial charge in [-0.3, -0.25) is 10.1 Å². The van der Waals surface area contributed by atoms with E-state index in [-0.39, 0.29) is 18.9 Å². The van der Waals surface area contributed by atoms with E-state index in [1.54, 1.807) is 6.07 Å². The molecular weight excluding hydrogens is 234 g/mol. The highest BCUT2D eigenvalue weighted by atomic mass is 16.5. The fourth-order valence-electron chi connectivity index (χ4n) is 1.64. The molecule has 3 N–H and O–H groups in total. The Morgan fingerprint density at radius 2 is 2.33 bits per heavy atom. The van der Waals surface area contributed by atoms with Crippen molar-refractivity contribution in [2.45, 2.75) is 6.92 Å². The van der Waals surface area contributed by atoms with E-state index in [0.717, 1.165) is 5.56 Å². The number of nitrogens with one attached hydrogen (secondary N) is 2. The summed E-state index contributed by atoms with van der Waals surface area (Å²) in [7, 11) is 0. The van der Waals surface area contributed by atoms with Crippen molar-refractivity contribution in [3.63, 3.8) is 0 Å². The van der Waals surface area contributed by atoms with Crippen molar-refractivity contribution in [3.8, 4) is 5.75 Å². The third kappa shape index (κ3) is 2.66. The van der Waals surface area contributed by atoms with Gasteiger partial charge in [-0.15, -0.1) is 0 Å². The summed E-state index contributed by atoms with van der Waals surface area (Å²) in [6.07, 6.45) is 1.38. The predicted molar refractivity (Wildman–Crippen MR) is 67.7 cm³/mol. The monoisotopic (exact) mass is 249 g/mol. The van der Waals surface area contributed by atoms with Gasteiger partial charge in [0.25, 0.3) is 5.56 Å². The zero-order valence-electron chi connectivity index (χ0n) is 10.1. The molecule has 1 heterocycles. The minimum absolute atomic E-state index is 0.0592. The molecule has 0 amide bonds. The molecule has 0 saturated heterocycles. The fraction of sp³-hybridized carbons (Fsp3) is 0.333. The minimum Gasteiger partial charge on any atom is -0.478 e. The summed E-state index contributed by atoms with van der Waals surface area (Å²) in [4.78, 5) is 18.2. The Balaban J connectivity index is 2.25. The van der Waals surface area contributed by atoms with E-state index < -0.39 is 0 Å². The van der Waals surface area contributed by atoms with Crippen LogP contribution in [-0.2, 0) is 0 Å². The van der Waals surface area contributed by atoms with Crippen LogP contribution in [0.1, 0.15) is 5.56 Å². The molecule has 0 aliphatic carbocycles. The molecule has 0 aliphatic heterocycles. The topological polar surface area (TPSA) is 87.2 Å². The molecule has 2 rings (SSSR count). The van der Waals surface area contributed by atoms with Crippen molar-refractivity contribution in [1.29, 1.82) is 0 Å². The highest BCUT2D eigenvalue weighted by Crippen LogP contribution is 2.21. The Hall–Kier alpha value is -1.92.